The van der Waals surface area contributed by atoms with E-state index in [2.05, 4.69) is 14.7 Å². The van der Waals surface area contributed by atoms with Crippen molar-refractivity contribution in [2.75, 3.05) is 13.7 Å². The smallest absolute Gasteiger partial charge is 0.240 e. The zero-order valence-electron chi connectivity index (χ0n) is 11.7. The van der Waals surface area contributed by atoms with Gasteiger partial charge < -0.3 is 15.5 Å². The molecule has 0 unspecified atom stereocenters. The molecule has 0 saturated heterocycles. The average molecular weight is 310 g/mol. The first-order chi connectivity index (χ1) is 10.1. The molecule has 0 aliphatic rings. The number of ether oxygens (including phenoxy) is 1. The van der Waals surface area contributed by atoms with Gasteiger partial charge in [-0.15, -0.1) is 0 Å². The van der Waals surface area contributed by atoms with Gasteiger partial charge in [-0.2, -0.15) is 0 Å². The van der Waals surface area contributed by atoms with Gasteiger partial charge in [0.1, 0.15) is 5.75 Å². The zero-order chi connectivity index (χ0) is 15.3. The van der Waals surface area contributed by atoms with E-state index in [1.807, 2.05) is 0 Å². The van der Waals surface area contributed by atoms with Gasteiger partial charge in [-0.25, -0.2) is 18.1 Å². The van der Waals surface area contributed by atoms with Crippen LogP contribution in [0.3, 0.4) is 0 Å². The number of rotatable bonds is 7. The highest BCUT2D eigenvalue weighted by atomic mass is 32.2. The third-order valence-corrected chi connectivity index (χ3v) is 4.48. The fourth-order valence-corrected chi connectivity index (χ4v) is 2.99. The Kier molecular flexibility index (Phi) is 4.94. The van der Waals surface area contributed by atoms with Crippen LogP contribution in [0, 0.1) is 0 Å². The van der Waals surface area contributed by atoms with Gasteiger partial charge in [0, 0.05) is 37.0 Å². The number of hydrogen-bond donors (Lipinski definition) is 3. The predicted octanol–water partition coefficient (Wildman–Crippen LogP) is 0.398. The van der Waals surface area contributed by atoms with E-state index < -0.39 is 10.0 Å². The summed E-state index contributed by atoms with van der Waals surface area (Å²) >= 11 is 0. The SMILES string of the molecule is COc1ccc(S(=O)(=O)NCCc2cnc[nH]2)cc1CN. The fourth-order valence-electron chi connectivity index (χ4n) is 1.91. The van der Waals surface area contributed by atoms with E-state index in [4.69, 9.17) is 10.5 Å². The maximum atomic E-state index is 12.2. The van der Waals surface area contributed by atoms with Crippen LogP contribution in [-0.2, 0) is 23.0 Å². The second-order valence-electron chi connectivity index (χ2n) is 4.40. The molecule has 2 aromatic rings. The second-order valence-corrected chi connectivity index (χ2v) is 6.17. The summed E-state index contributed by atoms with van der Waals surface area (Å²) in [6.07, 6.45) is 3.76. The first-order valence-corrected chi connectivity index (χ1v) is 7.89. The van der Waals surface area contributed by atoms with Gasteiger partial charge in [0.2, 0.25) is 10.0 Å². The molecule has 4 N–H and O–H groups in total. The van der Waals surface area contributed by atoms with Crippen molar-refractivity contribution in [2.45, 2.75) is 17.9 Å². The van der Waals surface area contributed by atoms with Crippen LogP contribution in [0.25, 0.3) is 0 Å². The van der Waals surface area contributed by atoms with E-state index in [0.717, 1.165) is 5.69 Å². The molecule has 21 heavy (non-hydrogen) atoms. The molecule has 1 heterocycles. The second kappa shape index (κ2) is 6.70. The van der Waals surface area contributed by atoms with Crippen molar-refractivity contribution in [1.82, 2.24) is 14.7 Å². The predicted molar refractivity (Wildman–Crippen MR) is 78.4 cm³/mol. The van der Waals surface area contributed by atoms with Crippen molar-refractivity contribution >= 4 is 10.0 Å². The summed E-state index contributed by atoms with van der Waals surface area (Å²) in [5, 5.41) is 0. The monoisotopic (exact) mass is 310 g/mol. The van der Waals surface area contributed by atoms with Crippen molar-refractivity contribution in [3.05, 3.63) is 42.0 Å². The summed E-state index contributed by atoms with van der Waals surface area (Å²) in [5.74, 6) is 0.578. The molecule has 1 aromatic carbocycles. The largest absolute Gasteiger partial charge is 0.496 e. The van der Waals surface area contributed by atoms with Crippen molar-refractivity contribution in [3.63, 3.8) is 0 Å². The number of nitrogens with zero attached hydrogens (tertiary/aromatic N) is 1. The van der Waals surface area contributed by atoms with Crippen LogP contribution in [0.2, 0.25) is 0 Å². The van der Waals surface area contributed by atoms with E-state index in [1.165, 1.54) is 19.2 Å². The molecule has 2 rings (SSSR count). The molecule has 0 radical (unpaired) electrons. The Hall–Kier alpha value is -1.90. The van der Waals surface area contributed by atoms with Crippen LogP contribution >= 0.6 is 0 Å². The van der Waals surface area contributed by atoms with Gasteiger partial charge in [0.05, 0.1) is 18.3 Å². The first kappa shape index (κ1) is 15.5. The van der Waals surface area contributed by atoms with Crippen molar-refractivity contribution in [1.29, 1.82) is 0 Å². The van der Waals surface area contributed by atoms with Gasteiger partial charge in [0.25, 0.3) is 0 Å². The molecule has 0 spiro atoms. The Balaban J connectivity index is 2.08. The summed E-state index contributed by atoms with van der Waals surface area (Å²) in [6.45, 7) is 0.495. The van der Waals surface area contributed by atoms with E-state index in [9.17, 15) is 8.42 Å². The summed E-state index contributed by atoms with van der Waals surface area (Å²) in [7, 11) is -2.05. The topological polar surface area (TPSA) is 110 Å². The van der Waals surface area contributed by atoms with E-state index in [1.54, 1.807) is 18.6 Å². The lowest BCUT2D eigenvalue weighted by Gasteiger charge is -2.10. The van der Waals surface area contributed by atoms with Crippen LogP contribution in [-0.4, -0.2) is 32.0 Å². The van der Waals surface area contributed by atoms with Gasteiger partial charge in [-0.3, -0.25) is 0 Å². The normalized spacial score (nSPS) is 11.5. The molecule has 0 atom stereocenters. The van der Waals surface area contributed by atoms with Crippen LogP contribution < -0.4 is 15.2 Å². The minimum absolute atomic E-state index is 0.174. The van der Waals surface area contributed by atoms with Gasteiger partial charge in [-0.1, -0.05) is 0 Å². The highest BCUT2D eigenvalue weighted by Gasteiger charge is 2.15. The molecule has 8 heteroatoms. The summed E-state index contributed by atoms with van der Waals surface area (Å²) in [6, 6.07) is 4.62. The third-order valence-electron chi connectivity index (χ3n) is 3.02. The highest BCUT2D eigenvalue weighted by Crippen LogP contribution is 2.21. The third kappa shape index (κ3) is 3.81. The number of hydrogen-bond acceptors (Lipinski definition) is 5. The number of imidazole rings is 1. The average Bonchev–Trinajstić information content (AvgIpc) is 2.99. The summed E-state index contributed by atoms with van der Waals surface area (Å²) < 4.78 is 32.1. The molecule has 0 amide bonds. The number of nitrogens with one attached hydrogen (secondary N) is 2. The number of aromatic amines is 1. The zero-order valence-corrected chi connectivity index (χ0v) is 12.5. The van der Waals surface area contributed by atoms with Crippen LogP contribution in [0.1, 0.15) is 11.3 Å². The lowest BCUT2D eigenvalue weighted by molar-refractivity contribution is 0.409. The highest BCUT2D eigenvalue weighted by molar-refractivity contribution is 7.89. The van der Waals surface area contributed by atoms with Crippen molar-refractivity contribution in [2.24, 2.45) is 5.73 Å². The quantitative estimate of drug-likeness (QED) is 0.685. The number of nitrogens with two attached hydrogens (primary N) is 1. The number of methoxy groups -OCH3 is 1. The Morgan fingerprint density at radius 3 is 2.86 bits per heavy atom. The molecule has 0 aliphatic carbocycles. The number of sulfonamides is 1. The summed E-state index contributed by atoms with van der Waals surface area (Å²) in [5.41, 5.74) is 7.11. The number of H-pyrrole nitrogens is 1. The van der Waals surface area contributed by atoms with Crippen molar-refractivity contribution < 1.29 is 13.2 Å². The van der Waals surface area contributed by atoms with Gasteiger partial charge >= 0.3 is 0 Å². The number of aromatic nitrogens is 2. The lowest BCUT2D eigenvalue weighted by atomic mass is 10.2. The molecular weight excluding hydrogens is 292 g/mol. The molecule has 0 aliphatic heterocycles. The Morgan fingerprint density at radius 1 is 1.43 bits per heavy atom. The van der Waals surface area contributed by atoms with Crippen molar-refractivity contribution in [3.8, 4) is 5.75 Å². The molecule has 7 nitrogen and oxygen atoms in total. The Morgan fingerprint density at radius 2 is 2.24 bits per heavy atom. The minimum Gasteiger partial charge on any atom is -0.496 e. The molecular formula is C13H18N4O3S. The molecule has 114 valence electrons. The maximum absolute atomic E-state index is 12.2. The standard InChI is InChI=1S/C13H18N4O3S/c1-20-13-3-2-12(6-10(13)7-14)21(18,19)17-5-4-11-8-15-9-16-11/h2-3,6,8-9,17H,4-5,7,14H2,1H3,(H,15,16). The lowest BCUT2D eigenvalue weighted by Crippen LogP contribution is -2.26. The maximum Gasteiger partial charge on any atom is 0.240 e. The molecule has 0 saturated carbocycles. The van der Waals surface area contributed by atoms with Crippen LogP contribution in [0.15, 0.2) is 35.6 Å². The van der Waals surface area contributed by atoms with Crippen LogP contribution in [0.5, 0.6) is 5.75 Å². The molecule has 0 bridgehead atoms. The van der Waals surface area contributed by atoms with E-state index in [-0.39, 0.29) is 18.0 Å². The van der Waals surface area contributed by atoms with Gasteiger partial charge in [0.15, 0.2) is 0 Å². The molecule has 0 fully saturated rings. The fraction of sp³-hybridized carbons (Fsp3) is 0.308. The van der Waals surface area contributed by atoms with Crippen LogP contribution in [0.4, 0.5) is 0 Å². The Bertz CT molecular complexity index is 683. The summed E-state index contributed by atoms with van der Waals surface area (Å²) in [4.78, 5) is 6.97. The minimum atomic E-state index is -3.57. The van der Waals surface area contributed by atoms with E-state index in [0.29, 0.717) is 17.7 Å². The Labute approximate surface area is 123 Å². The van der Waals surface area contributed by atoms with Gasteiger partial charge in [-0.05, 0) is 18.2 Å². The molecule has 1 aromatic heterocycles. The first-order valence-electron chi connectivity index (χ1n) is 6.40. The van der Waals surface area contributed by atoms with E-state index >= 15 is 0 Å². The number of benzene rings is 1.